The van der Waals surface area contributed by atoms with Gasteiger partial charge >= 0.3 is 5.97 Å². The zero-order valence-corrected chi connectivity index (χ0v) is 15.7. The number of rotatable bonds is 6. The van der Waals surface area contributed by atoms with E-state index in [-0.39, 0.29) is 19.3 Å². The number of fused-ring (bicyclic) bond motifs is 2. The standard InChI is InChI=1S/C21H19BrO4/c22-19-9-13(7-15-5-1-3-14-4-2-6-18(14)15)8-16-10-17(26-21(16)19)11-25-12-20(23)24/h1-6,8-9,15,17H,7,10-12H2,(H,23,24). The van der Waals surface area contributed by atoms with Gasteiger partial charge in [-0.1, -0.05) is 42.5 Å². The van der Waals surface area contributed by atoms with Gasteiger partial charge in [0, 0.05) is 12.3 Å². The SMILES string of the molecule is O=C(O)COCC1Cc2cc(CC3C=CC=C4C=CC=C43)cc(Br)c2O1. The second-order valence-corrected chi connectivity index (χ2v) is 7.57. The summed E-state index contributed by atoms with van der Waals surface area (Å²) in [5, 5.41) is 8.67. The van der Waals surface area contributed by atoms with E-state index >= 15 is 0 Å². The molecule has 4 nitrogen and oxygen atoms in total. The summed E-state index contributed by atoms with van der Waals surface area (Å²) in [6, 6.07) is 4.32. The van der Waals surface area contributed by atoms with Gasteiger partial charge in [0.05, 0.1) is 11.1 Å². The lowest BCUT2D eigenvalue weighted by molar-refractivity contribution is -0.142. The molecular formula is C21H19BrO4. The maximum absolute atomic E-state index is 10.6. The maximum atomic E-state index is 10.6. The highest BCUT2D eigenvalue weighted by Crippen LogP contribution is 2.39. The molecule has 0 bridgehead atoms. The highest BCUT2D eigenvalue weighted by Gasteiger charge is 2.27. The quantitative estimate of drug-likeness (QED) is 0.763. The van der Waals surface area contributed by atoms with Crippen molar-refractivity contribution in [2.45, 2.75) is 18.9 Å². The van der Waals surface area contributed by atoms with Gasteiger partial charge in [0.15, 0.2) is 0 Å². The largest absolute Gasteiger partial charge is 0.486 e. The Labute approximate surface area is 160 Å². The van der Waals surface area contributed by atoms with E-state index in [4.69, 9.17) is 14.6 Å². The average molecular weight is 415 g/mol. The van der Waals surface area contributed by atoms with Gasteiger partial charge in [0.2, 0.25) is 0 Å². The summed E-state index contributed by atoms with van der Waals surface area (Å²) in [4.78, 5) is 10.6. The average Bonchev–Trinajstić information content (AvgIpc) is 3.22. The van der Waals surface area contributed by atoms with Gasteiger partial charge in [-0.2, -0.15) is 0 Å². The molecule has 2 atom stereocenters. The summed E-state index contributed by atoms with van der Waals surface area (Å²) in [6.45, 7) is -0.0174. The van der Waals surface area contributed by atoms with Crippen LogP contribution in [0.4, 0.5) is 0 Å². The Bertz CT molecular complexity index is 863. The number of hydrogen-bond acceptors (Lipinski definition) is 3. The van der Waals surface area contributed by atoms with E-state index in [1.807, 2.05) is 0 Å². The first-order valence-corrected chi connectivity index (χ1v) is 9.44. The van der Waals surface area contributed by atoms with E-state index in [0.717, 1.165) is 28.6 Å². The summed E-state index contributed by atoms with van der Waals surface area (Å²) in [5.41, 5.74) is 5.08. The van der Waals surface area contributed by atoms with Gasteiger partial charge in [0.25, 0.3) is 0 Å². The number of carboxylic acid groups (broad SMARTS) is 1. The van der Waals surface area contributed by atoms with Crippen LogP contribution in [0.1, 0.15) is 11.1 Å². The van der Waals surface area contributed by atoms with Crippen LogP contribution >= 0.6 is 15.9 Å². The van der Waals surface area contributed by atoms with Crippen molar-refractivity contribution in [3.8, 4) is 5.75 Å². The van der Waals surface area contributed by atoms with Crippen molar-refractivity contribution < 1.29 is 19.4 Å². The summed E-state index contributed by atoms with van der Waals surface area (Å²) in [7, 11) is 0. The van der Waals surface area contributed by atoms with Crippen LogP contribution in [0.2, 0.25) is 0 Å². The predicted molar refractivity (Wildman–Crippen MR) is 102 cm³/mol. The molecule has 1 aromatic rings. The molecule has 2 aliphatic carbocycles. The molecule has 3 aliphatic rings. The molecule has 0 amide bonds. The molecule has 0 saturated carbocycles. The van der Waals surface area contributed by atoms with Crippen LogP contribution in [0.25, 0.3) is 0 Å². The van der Waals surface area contributed by atoms with Gasteiger partial charge in [-0.25, -0.2) is 4.79 Å². The summed E-state index contributed by atoms with van der Waals surface area (Å²) < 4.78 is 12.0. The molecule has 134 valence electrons. The molecule has 1 aliphatic heterocycles. The van der Waals surface area contributed by atoms with Crippen LogP contribution in [0.15, 0.2) is 64.2 Å². The molecule has 4 rings (SSSR count). The topological polar surface area (TPSA) is 55.8 Å². The highest BCUT2D eigenvalue weighted by molar-refractivity contribution is 9.10. The zero-order chi connectivity index (χ0) is 18.1. The Morgan fingerprint density at radius 1 is 1.31 bits per heavy atom. The molecule has 0 spiro atoms. The van der Waals surface area contributed by atoms with E-state index in [1.54, 1.807) is 0 Å². The van der Waals surface area contributed by atoms with Crippen LogP contribution in [0.5, 0.6) is 5.75 Å². The van der Waals surface area contributed by atoms with Gasteiger partial charge < -0.3 is 14.6 Å². The molecule has 2 unspecified atom stereocenters. The van der Waals surface area contributed by atoms with Crippen molar-refractivity contribution in [1.29, 1.82) is 0 Å². The van der Waals surface area contributed by atoms with E-state index in [0.29, 0.717) is 5.92 Å². The number of aliphatic carboxylic acids is 1. The monoisotopic (exact) mass is 414 g/mol. The lowest BCUT2D eigenvalue weighted by Crippen LogP contribution is -2.22. The van der Waals surface area contributed by atoms with Gasteiger partial charge in [0.1, 0.15) is 18.5 Å². The second kappa shape index (κ2) is 7.25. The minimum absolute atomic E-state index is 0.137. The molecule has 26 heavy (non-hydrogen) atoms. The third-order valence-corrected chi connectivity index (χ3v) is 5.39. The van der Waals surface area contributed by atoms with Crippen molar-refractivity contribution in [2.24, 2.45) is 5.92 Å². The fourth-order valence-electron chi connectivity index (χ4n) is 3.70. The summed E-state index contributed by atoms with van der Waals surface area (Å²) >= 11 is 3.62. The van der Waals surface area contributed by atoms with Crippen molar-refractivity contribution in [3.63, 3.8) is 0 Å². The highest BCUT2D eigenvalue weighted by atomic mass is 79.9. The molecule has 1 N–H and O–H groups in total. The first-order valence-electron chi connectivity index (χ1n) is 8.65. The third kappa shape index (κ3) is 3.55. The smallest absolute Gasteiger partial charge is 0.329 e. The number of carboxylic acids is 1. The molecule has 0 fully saturated rings. The normalized spacial score (nSPS) is 22.5. The van der Waals surface area contributed by atoms with Crippen molar-refractivity contribution in [2.75, 3.05) is 13.2 Å². The molecule has 1 heterocycles. The summed E-state index contributed by atoms with van der Waals surface area (Å²) in [5.74, 6) is 0.264. The number of carbonyl (C=O) groups is 1. The first-order chi connectivity index (χ1) is 12.6. The number of benzene rings is 1. The van der Waals surface area contributed by atoms with Crippen LogP contribution in [0.3, 0.4) is 0 Å². The van der Waals surface area contributed by atoms with E-state index in [2.05, 4.69) is 64.5 Å². The van der Waals surface area contributed by atoms with Crippen LogP contribution < -0.4 is 4.74 Å². The van der Waals surface area contributed by atoms with Crippen molar-refractivity contribution in [3.05, 3.63) is 75.3 Å². The van der Waals surface area contributed by atoms with Crippen LogP contribution in [-0.2, 0) is 22.4 Å². The number of hydrogen-bond donors (Lipinski definition) is 1. The first kappa shape index (κ1) is 17.3. The number of ether oxygens (including phenoxy) is 2. The van der Waals surface area contributed by atoms with Crippen molar-refractivity contribution >= 4 is 21.9 Å². The van der Waals surface area contributed by atoms with Gasteiger partial charge in [-0.15, -0.1) is 0 Å². The minimum atomic E-state index is -0.964. The molecule has 1 aromatic carbocycles. The Morgan fingerprint density at radius 3 is 3.04 bits per heavy atom. The van der Waals surface area contributed by atoms with E-state index in [9.17, 15) is 4.79 Å². The number of allylic oxidation sites excluding steroid dienone is 8. The van der Waals surface area contributed by atoms with E-state index < -0.39 is 5.97 Å². The van der Waals surface area contributed by atoms with Gasteiger partial charge in [-0.3, -0.25) is 0 Å². The molecule has 5 heteroatoms. The molecule has 0 aromatic heterocycles. The predicted octanol–water partition coefficient (Wildman–Crippen LogP) is 4.00. The second-order valence-electron chi connectivity index (χ2n) is 6.72. The Kier molecular flexibility index (Phi) is 4.83. The third-order valence-electron chi connectivity index (χ3n) is 4.80. The fraction of sp³-hybridized carbons (Fsp3) is 0.286. The Morgan fingerprint density at radius 2 is 2.19 bits per heavy atom. The van der Waals surface area contributed by atoms with Gasteiger partial charge in [-0.05, 0) is 50.7 Å². The Hall–Kier alpha value is -2.11. The van der Waals surface area contributed by atoms with Crippen LogP contribution in [-0.4, -0.2) is 30.4 Å². The van der Waals surface area contributed by atoms with E-state index in [1.165, 1.54) is 16.7 Å². The lowest BCUT2D eigenvalue weighted by Gasteiger charge is -2.19. The maximum Gasteiger partial charge on any atom is 0.329 e. The molecule has 0 saturated heterocycles. The molecule has 0 radical (unpaired) electrons. The molecular weight excluding hydrogens is 396 g/mol. The minimum Gasteiger partial charge on any atom is -0.486 e. The number of halogens is 1. The lowest BCUT2D eigenvalue weighted by atomic mass is 9.85. The fourth-order valence-corrected chi connectivity index (χ4v) is 4.35. The van der Waals surface area contributed by atoms with Crippen LogP contribution in [0, 0.1) is 5.92 Å². The Balaban J connectivity index is 1.45. The zero-order valence-electron chi connectivity index (χ0n) is 14.2. The summed E-state index contributed by atoms with van der Waals surface area (Å²) in [6.07, 6.45) is 14.5. The van der Waals surface area contributed by atoms with Crippen molar-refractivity contribution in [1.82, 2.24) is 0 Å².